The third kappa shape index (κ3) is 3.43. The highest BCUT2D eigenvalue weighted by molar-refractivity contribution is 5.41. The Labute approximate surface area is 122 Å². The first-order valence-corrected chi connectivity index (χ1v) is 6.87. The highest BCUT2D eigenvalue weighted by Crippen LogP contribution is 2.45. The molecule has 0 bridgehead atoms. The summed E-state index contributed by atoms with van der Waals surface area (Å²) in [4.78, 5) is 0. The molecule has 0 aliphatic heterocycles. The van der Waals surface area contributed by atoms with Crippen molar-refractivity contribution in [2.75, 3.05) is 14.2 Å². The first-order chi connectivity index (χ1) is 9.78. The van der Waals surface area contributed by atoms with Gasteiger partial charge in [0.2, 0.25) is 0 Å². The summed E-state index contributed by atoms with van der Waals surface area (Å²) in [6, 6.07) is 5.07. The lowest BCUT2D eigenvalue weighted by molar-refractivity contribution is -0.187. The van der Waals surface area contributed by atoms with Gasteiger partial charge in [-0.15, -0.1) is 0 Å². The van der Waals surface area contributed by atoms with Crippen LogP contribution in [0.5, 0.6) is 11.5 Å². The summed E-state index contributed by atoms with van der Waals surface area (Å²) < 4.78 is 49.3. The van der Waals surface area contributed by atoms with E-state index in [1.165, 1.54) is 14.2 Å². The van der Waals surface area contributed by atoms with Gasteiger partial charge in [0.25, 0.3) is 0 Å². The number of benzene rings is 1. The highest BCUT2D eigenvalue weighted by atomic mass is 19.4. The van der Waals surface area contributed by atoms with Crippen LogP contribution in [0.3, 0.4) is 0 Å². The Morgan fingerprint density at radius 2 is 1.71 bits per heavy atom. The van der Waals surface area contributed by atoms with Gasteiger partial charge in [-0.3, -0.25) is 0 Å². The van der Waals surface area contributed by atoms with Crippen molar-refractivity contribution in [2.45, 2.75) is 37.4 Å². The van der Waals surface area contributed by atoms with Crippen LogP contribution in [0.1, 0.15) is 31.2 Å². The summed E-state index contributed by atoms with van der Waals surface area (Å²) in [5.74, 6) is -0.292. The van der Waals surface area contributed by atoms with E-state index >= 15 is 0 Å². The van der Waals surface area contributed by atoms with Gasteiger partial charge in [0.15, 0.2) is 0 Å². The number of methoxy groups -OCH3 is 2. The molecular weight excluding hydrogens is 283 g/mol. The lowest BCUT2D eigenvalue weighted by Crippen LogP contribution is -2.44. The topological polar surface area (TPSA) is 44.5 Å². The molecule has 118 valence electrons. The van der Waals surface area contributed by atoms with Crippen LogP contribution in [0.4, 0.5) is 13.2 Å². The minimum absolute atomic E-state index is 0.104. The molecule has 0 saturated heterocycles. The fourth-order valence-electron chi connectivity index (χ4n) is 2.94. The molecule has 1 aromatic carbocycles. The van der Waals surface area contributed by atoms with Crippen LogP contribution < -0.4 is 15.2 Å². The molecule has 2 atom stereocenters. The second-order valence-corrected chi connectivity index (χ2v) is 5.59. The number of nitrogens with two attached hydrogens (primary N) is 1. The summed E-state index contributed by atoms with van der Waals surface area (Å²) in [5.41, 5.74) is 5.94. The molecular formula is C15H20F3NO2. The summed E-state index contributed by atoms with van der Waals surface area (Å²) in [6.07, 6.45) is -3.18. The molecule has 1 aromatic rings. The molecule has 2 unspecified atom stereocenters. The summed E-state index contributed by atoms with van der Waals surface area (Å²) in [5, 5.41) is 0. The van der Waals surface area contributed by atoms with Crippen molar-refractivity contribution in [1.29, 1.82) is 0 Å². The van der Waals surface area contributed by atoms with Gasteiger partial charge in [-0.25, -0.2) is 0 Å². The van der Waals surface area contributed by atoms with Crippen LogP contribution >= 0.6 is 0 Å². The molecule has 0 heterocycles. The average Bonchev–Trinajstić information content (AvgIpc) is 2.45. The number of alkyl halides is 3. The Morgan fingerprint density at radius 1 is 1.14 bits per heavy atom. The Balaban J connectivity index is 2.34. The van der Waals surface area contributed by atoms with Crippen LogP contribution in [-0.2, 0) is 5.54 Å². The van der Waals surface area contributed by atoms with E-state index in [1.54, 1.807) is 18.2 Å². The minimum atomic E-state index is -4.20. The first kappa shape index (κ1) is 15.9. The number of hydrogen-bond donors (Lipinski definition) is 1. The third-order valence-electron chi connectivity index (χ3n) is 4.18. The van der Waals surface area contributed by atoms with Gasteiger partial charge in [-0.1, -0.05) is 6.42 Å². The van der Waals surface area contributed by atoms with Crippen molar-refractivity contribution < 1.29 is 22.6 Å². The van der Waals surface area contributed by atoms with Gasteiger partial charge in [-0.05, 0) is 37.0 Å². The van der Waals surface area contributed by atoms with Crippen molar-refractivity contribution in [3.05, 3.63) is 23.8 Å². The Morgan fingerprint density at radius 3 is 2.19 bits per heavy atom. The smallest absolute Gasteiger partial charge is 0.391 e. The second-order valence-electron chi connectivity index (χ2n) is 5.59. The van der Waals surface area contributed by atoms with Crippen molar-refractivity contribution in [1.82, 2.24) is 0 Å². The quantitative estimate of drug-likeness (QED) is 0.927. The standard InChI is InChI=1S/C15H20F3NO2/c1-20-12-6-11(7-13(8-12)21-2)14(19)5-3-4-10(9-14)15(16,17)18/h6-8,10H,3-5,9,19H2,1-2H3. The Bertz CT molecular complexity index is 482. The molecule has 2 rings (SSSR count). The predicted octanol–water partition coefficient (Wildman–Crippen LogP) is 3.61. The summed E-state index contributed by atoms with van der Waals surface area (Å²) in [6.45, 7) is 0. The number of ether oxygens (including phenoxy) is 2. The molecule has 2 N–H and O–H groups in total. The zero-order valence-electron chi connectivity index (χ0n) is 12.2. The van der Waals surface area contributed by atoms with Gasteiger partial charge in [0.1, 0.15) is 11.5 Å². The molecule has 0 aromatic heterocycles. The first-order valence-electron chi connectivity index (χ1n) is 6.87. The van der Waals surface area contributed by atoms with Crippen LogP contribution in [0, 0.1) is 5.92 Å². The van der Waals surface area contributed by atoms with Gasteiger partial charge < -0.3 is 15.2 Å². The van der Waals surface area contributed by atoms with E-state index in [2.05, 4.69) is 0 Å². The Kier molecular flexibility index (Phi) is 4.37. The van der Waals surface area contributed by atoms with Crippen molar-refractivity contribution in [2.24, 2.45) is 11.7 Å². The maximum absolute atomic E-state index is 13.0. The van der Waals surface area contributed by atoms with E-state index in [0.29, 0.717) is 29.9 Å². The SMILES string of the molecule is COc1cc(OC)cc(C2(N)CCCC(C(F)(F)F)C2)c1. The fourth-order valence-corrected chi connectivity index (χ4v) is 2.94. The number of rotatable bonds is 3. The zero-order chi connectivity index (χ0) is 15.7. The van der Waals surface area contributed by atoms with E-state index in [9.17, 15) is 13.2 Å². The summed E-state index contributed by atoms with van der Waals surface area (Å²) >= 11 is 0. The third-order valence-corrected chi connectivity index (χ3v) is 4.18. The molecule has 0 spiro atoms. The molecule has 6 heteroatoms. The average molecular weight is 303 g/mol. The number of halogens is 3. The molecule has 0 radical (unpaired) electrons. The van der Waals surface area contributed by atoms with Crippen molar-refractivity contribution in [3.63, 3.8) is 0 Å². The van der Waals surface area contributed by atoms with Gasteiger partial charge in [0.05, 0.1) is 20.1 Å². The molecule has 1 aliphatic carbocycles. The lowest BCUT2D eigenvalue weighted by Gasteiger charge is -2.39. The van der Waals surface area contributed by atoms with Crippen molar-refractivity contribution >= 4 is 0 Å². The molecule has 21 heavy (non-hydrogen) atoms. The molecule has 1 fully saturated rings. The lowest BCUT2D eigenvalue weighted by atomic mass is 9.72. The molecule has 3 nitrogen and oxygen atoms in total. The van der Waals surface area contributed by atoms with Crippen LogP contribution in [0.25, 0.3) is 0 Å². The van der Waals surface area contributed by atoms with E-state index < -0.39 is 17.6 Å². The molecule has 1 saturated carbocycles. The molecule has 0 amide bonds. The van der Waals surface area contributed by atoms with Gasteiger partial charge in [0, 0.05) is 11.6 Å². The normalized spacial score (nSPS) is 26.5. The minimum Gasteiger partial charge on any atom is -0.497 e. The maximum atomic E-state index is 13.0. The van der Waals surface area contributed by atoms with E-state index in [-0.39, 0.29) is 12.8 Å². The van der Waals surface area contributed by atoms with Gasteiger partial charge in [-0.2, -0.15) is 13.2 Å². The van der Waals surface area contributed by atoms with Crippen molar-refractivity contribution in [3.8, 4) is 11.5 Å². The van der Waals surface area contributed by atoms with E-state index in [4.69, 9.17) is 15.2 Å². The van der Waals surface area contributed by atoms with Crippen LogP contribution in [0.2, 0.25) is 0 Å². The largest absolute Gasteiger partial charge is 0.497 e. The highest BCUT2D eigenvalue weighted by Gasteiger charge is 2.46. The van der Waals surface area contributed by atoms with Crippen LogP contribution in [-0.4, -0.2) is 20.4 Å². The van der Waals surface area contributed by atoms with E-state index in [0.717, 1.165) is 0 Å². The maximum Gasteiger partial charge on any atom is 0.391 e. The van der Waals surface area contributed by atoms with Crippen LogP contribution in [0.15, 0.2) is 18.2 Å². The van der Waals surface area contributed by atoms with E-state index in [1.807, 2.05) is 0 Å². The zero-order valence-corrected chi connectivity index (χ0v) is 12.2. The monoisotopic (exact) mass is 303 g/mol. The fraction of sp³-hybridized carbons (Fsp3) is 0.600. The molecule has 1 aliphatic rings. The van der Waals surface area contributed by atoms with Gasteiger partial charge >= 0.3 is 6.18 Å². The second kappa shape index (κ2) is 5.75. The predicted molar refractivity (Wildman–Crippen MR) is 73.4 cm³/mol. The Hall–Kier alpha value is -1.43. The number of hydrogen-bond acceptors (Lipinski definition) is 3. The summed E-state index contributed by atoms with van der Waals surface area (Å²) in [7, 11) is 3.00.